The van der Waals surface area contributed by atoms with Crippen LogP contribution in [-0.2, 0) is 14.4 Å². The Kier molecular flexibility index (Phi) is 8.57. The lowest BCUT2D eigenvalue weighted by atomic mass is 10.2. The van der Waals surface area contributed by atoms with Crippen molar-refractivity contribution in [3.8, 4) is 0 Å². The molecule has 0 bridgehead atoms. The van der Waals surface area contributed by atoms with Gasteiger partial charge in [0.05, 0.1) is 4.75 Å². The van der Waals surface area contributed by atoms with Crippen molar-refractivity contribution in [1.29, 1.82) is 0 Å². The van der Waals surface area contributed by atoms with Gasteiger partial charge in [-0.15, -0.1) is 11.8 Å². The van der Waals surface area contributed by atoms with Crippen LogP contribution in [0.2, 0.25) is 0 Å². The Morgan fingerprint density at radius 3 is 2.48 bits per heavy atom. The van der Waals surface area contributed by atoms with Crippen molar-refractivity contribution in [2.75, 3.05) is 18.8 Å². The van der Waals surface area contributed by atoms with Crippen molar-refractivity contribution in [3.63, 3.8) is 0 Å². The highest BCUT2D eigenvalue weighted by molar-refractivity contribution is 8.47. The summed E-state index contributed by atoms with van der Waals surface area (Å²) in [4.78, 5) is 36.5. The molecule has 8 heteroatoms. The molecule has 3 amide bonds. The molecule has 130 valence electrons. The molecule has 0 aromatic heterocycles. The van der Waals surface area contributed by atoms with E-state index in [-0.39, 0.29) is 43.7 Å². The van der Waals surface area contributed by atoms with Crippen LogP contribution >= 0.6 is 35.7 Å². The lowest BCUT2D eigenvalue weighted by Crippen LogP contribution is -2.44. The summed E-state index contributed by atoms with van der Waals surface area (Å²) in [6, 6.07) is 0. The van der Waals surface area contributed by atoms with Crippen LogP contribution < -0.4 is 5.32 Å². The number of thioether (sulfide) groups is 2. The number of nitrogens with one attached hydrogen (secondary N) is 1. The largest absolute Gasteiger partial charge is 0.353 e. The van der Waals surface area contributed by atoms with E-state index >= 15 is 0 Å². The van der Waals surface area contributed by atoms with Crippen LogP contribution in [0.25, 0.3) is 0 Å². The first-order chi connectivity index (χ1) is 10.8. The highest BCUT2D eigenvalue weighted by Crippen LogP contribution is 2.31. The molecule has 0 spiro atoms. The van der Waals surface area contributed by atoms with Gasteiger partial charge < -0.3 is 5.32 Å². The maximum Gasteiger partial charge on any atom is 0.236 e. The van der Waals surface area contributed by atoms with Crippen LogP contribution in [0, 0.1) is 0 Å². The molecule has 0 aromatic carbocycles. The minimum absolute atomic E-state index is 0.139. The summed E-state index contributed by atoms with van der Waals surface area (Å²) in [6.07, 6.45) is 2.78. The first-order valence-electron chi connectivity index (χ1n) is 7.75. The van der Waals surface area contributed by atoms with E-state index in [9.17, 15) is 14.4 Å². The predicted molar refractivity (Wildman–Crippen MR) is 101 cm³/mol. The molecule has 23 heavy (non-hydrogen) atoms. The molecule has 1 saturated heterocycles. The molecule has 1 aliphatic heterocycles. The van der Waals surface area contributed by atoms with Gasteiger partial charge in [0.15, 0.2) is 0 Å². The average Bonchev–Trinajstić information content (AvgIpc) is 2.78. The second-order valence-corrected chi connectivity index (χ2v) is 9.68. The second-order valence-electron chi connectivity index (χ2n) is 5.76. The Bertz CT molecular complexity index is 465. The van der Waals surface area contributed by atoms with E-state index in [0.29, 0.717) is 0 Å². The number of unbranched alkanes of at least 4 members (excludes halogenated alkanes) is 1. The van der Waals surface area contributed by atoms with E-state index in [2.05, 4.69) is 12.2 Å². The summed E-state index contributed by atoms with van der Waals surface area (Å²) >= 11 is 8.30. The number of hydrogen-bond acceptors (Lipinski definition) is 6. The first-order valence-corrected chi connectivity index (χ1v) is 9.96. The summed E-state index contributed by atoms with van der Waals surface area (Å²) in [5.41, 5.74) is 0. The number of carbonyl (C=O) groups is 3. The molecule has 0 aromatic rings. The van der Waals surface area contributed by atoms with Crippen LogP contribution in [-0.4, -0.2) is 49.7 Å². The molecule has 0 atom stereocenters. The molecule has 0 unspecified atom stereocenters. The third-order valence-corrected chi connectivity index (χ3v) is 6.18. The first kappa shape index (κ1) is 20.4. The average molecular weight is 377 g/mol. The summed E-state index contributed by atoms with van der Waals surface area (Å²) in [5.74, 6) is 0.511. The number of thiocarbonyl (C=S) groups is 1. The molecule has 1 heterocycles. The van der Waals surface area contributed by atoms with Crippen LogP contribution in [0.15, 0.2) is 0 Å². The van der Waals surface area contributed by atoms with Gasteiger partial charge in [-0.05, 0) is 26.0 Å². The van der Waals surface area contributed by atoms with Crippen molar-refractivity contribution in [2.24, 2.45) is 0 Å². The number of amides is 3. The molecule has 0 saturated carbocycles. The van der Waals surface area contributed by atoms with Gasteiger partial charge in [0, 0.05) is 25.9 Å². The lowest BCUT2D eigenvalue weighted by Gasteiger charge is -2.23. The highest BCUT2D eigenvalue weighted by Gasteiger charge is 2.31. The van der Waals surface area contributed by atoms with E-state index in [4.69, 9.17) is 12.2 Å². The number of likely N-dealkylation sites (tertiary alicyclic amines) is 1. The highest BCUT2D eigenvalue weighted by atomic mass is 32.2. The number of rotatable bonds is 8. The van der Waals surface area contributed by atoms with Crippen molar-refractivity contribution in [3.05, 3.63) is 0 Å². The Morgan fingerprint density at radius 2 is 1.91 bits per heavy atom. The zero-order valence-electron chi connectivity index (χ0n) is 13.8. The minimum atomic E-state index is -0.671. The van der Waals surface area contributed by atoms with E-state index in [1.54, 1.807) is 11.8 Å². The van der Waals surface area contributed by atoms with Crippen LogP contribution in [0.3, 0.4) is 0 Å². The number of carbonyl (C=O) groups excluding carboxylic acids is 3. The predicted octanol–water partition coefficient (Wildman–Crippen LogP) is 2.58. The Labute approximate surface area is 151 Å². The molecule has 1 rings (SSSR count). The second kappa shape index (κ2) is 9.64. The fourth-order valence-electron chi connectivity index (χ4n) is 1.95. The van der Waals surface area contributed by atoms with Crippen LogP contribution in [0.4, 0.5) is 0 Å². The van der Waals surface area contributed by atoms with E-state index in [1.807, 2.05) is 13.8 Å². The van der Waals surface area contributed by atoms with E-state index in [0.717, 1.165) is 22.1 Å². The van der Waals surface area contributed by atoms with Gasteiger partial charge >= 0.3 is 0 Å². The SMILES string of the molecule is CCCCSC(=S)SC(C)(C)C(=O)NCCN1C(=O)CCC1=O. The van der Waals surface area contributed by atoms with Crippen molar-refractivity contribution in [1.82, 2.24) is 10.2 Å². The molecular formula is C15H24N2O3S3. The van der Waals surface area contributed by atoms with Gasteiger partial charge in [0.25, 0.3) is 0 Å². The number of hydrogen-bond donors (Lipinski definition) is 1. The Hall–Kier alpha value is -0.600. The third kappa shape index (κ3) is 6.81. The van der Waals surface area contributed by atoms with Gasteiger partial charge in [-0.25, -0.2) is 0 Å². The van der Waals surface area contributed by atoms with Gasteiger partial charge in [-0.1, -0.05) is 37.3 Å². The fraction of sp³-hybridized carbons (Fsp3) is 0.733. The summed E-state index contributed by atoms with van der Waals surface area (Å²) < 4.78 is 0.0958. The number of nitrogens with zero attached hydrogens (tertiary/aromatic N) is 1. The van der Waals surface area contributed by atoms with E-state index in [1.165, 1.54) is 16.7 Å². The van der Waals surface area contributed by atoms with Gasteiger partial charge in [-0.3, -0.25) is 19.3 Å². The quantitative estimate of drug-likeness (QED) is 0.399. The van der Waals surface area contributed by atoms with Crippen molar-refractivity contribution in [2.45, 2.75) is 51.2 Å². The molecular weight excluding hydrogens is 352 g/mol. The minimum Gasteiger partial charge on any atom is -0.353 e. The van der Waals surface area contributed by atoms with Crippen molar-refractivity contribution < 1.29 is 14.4 Å². The standard InChI is InChI=1S/C15H24N2O3S3/c1-4-5-10-22-14(21)23-15(2,3)13(20)16-8-9-17-11(18)6-7-12(17)19/h4-10H2,1-3H3,(H,16,20). The topological polar surface area (TPSA) is 66.5 Å². The van der Waals surface area contributed by atoms with Crippen molar-refractivity contribution >= 4 is 57.0 Å². The maximum absolute atomic E-state index is 12.3. The smallest absolute Gasteiger partial charge is 0.236 e. The van der Waals surface area contributed by atoms with Gasteiger partial charge in [0.2, 0.25) is 17.7 Å². The lowest BCUT2D eigenvalue weighted by molar-refractivity contribution is -0.138. The molecule has 1 fully saturated rings. The summed E-state index contributed by atoms with van der Waals surface area (Å²) in [5, 5.41) is 2.79. The van der Waals surface area contributed by atoms with Gasteiger partial charge in [0.1, 0.15) is 3.53 Å². The van der Waals surface area contributed by atoms with Crippen LogP contribution in [0.1, 0.15) is 46.5 Å². The Morgan fingerprint density at radius 1 is 1.30 bits per heavy atom. The van der Waals surface area contributed by atoms with E-state index < -0.39 is 4.75 Å². The monoisotopic (exact) mass is 376 g/mol. The molecule has 1 aliphatic rings. The normalized spacial score (nSPS) is 15.2. The molecule has 0 aliphatic carbocycles. The fourth-order valence-corrected chi connectivity index (χ4v) is 5.12. The molecule has 0 radical (unpaired) electrons. The Balaban J connectivity index is 2.35. The maximum atomic E-state index is 12.3. The van der Waals surface area contributed by atoms with Crippen LogP contribution in [0.5, 0.6) is 0 Å². The summed E-state index contributed by atoms with van der Waals surface area (Å²) in [6.45, 7) is 6.29. The number of imide groups is 1. The third-order valence-electron chi connectivity index (χ3n) is 3.38. The zero-order chi connectivity index (χ0) is 17.5. The summed E-state index contributed by atoms with van der Waals surface area (Å²) in [7, 11) is 0. The van der Waals surface area contributed by atoms with Gasteiger partial charge in [-0.2, -0.15) is 0 Å². The molecule has 1 N–H and O–H groups in total. The molecule has 5 nitrogen and oxygen atoms in total. The zero-order valence-corrected chi connectivity index (χ0v) is 16.3.